The average Bonchev–Trinajstić information content (AvgIpc) is 3.13. The average molecular weight is 564 g/mol. The van der Waals surface area contributed by atoms with Crippen LogP contribution in [0.1, 0.15) is 56.6 Å². The Balaban J connectivity index is 0.00000363. The van der Waals surface area contributed by atoms with E-state index in [2.05, 4.69) is 25.7 Å². The minimum absolute atomic E-state index is 0. The second kappa shape index (κ2) is 15.8. The van der Waals surface area contributed by atoms with E-state index >= 15 is 0 Å². The summed E-state index contributed by atoms with van der Waals surface area (Å²) >= 11 is 0. The summed E-state index contributed by atoms with van der Waals surface area (Å²) in [6.07, 6.45) is 8.97. The van der Waals surface area contributed by atoms with Crippen LogP contribution in [0.3, 0.4) is 0 Å². The standard InChI is InChI=1S/C22H41N7O2.HI/c1-19-26-27-21(28(19)2)18-25-22(23-10-6-12-29-13-16-30-17-14-29)24-11-7-15-31-20-8-4-3-5-9-20;/h20H,3-18H2,1-2H3,(H2,23,24,25);1H. The molecule has 9 nitrogen and oxygen atoms in total. The molecule has 1 aromatic heterocycles. The van der Waals surface area contributed by atoms with Crippen LogP contribution in [0, 0.1) is 6.92 Å². The molecule has 1 aliphatic carbocycles. The minimum Gasteiger partial charge on any atom is -0.379 e. The van der Waals surface area contributed by atoms with Crippen molar-refractivity contribution < 1.29 is 9.47 Å². The molecule has 32 heavy (non-hydrogen) atoms. The number of aromatic nitrogens is 3. The third-order valence-electron chi connectivity index (χ3n) is 6.13. The molecule has 0 atom stereocenters. The fourth-order valence-corrected chi connectivity index (χ4v) is 4.01. The van der Waals surface area contributed by atoms with Gasteiger partial charge in [-0.1, -0.05) is 19.3 Å². The van der Waals surface area contributed by atoms with Crippen molar-refractivity contribution in [2.45, 2.75) is 64.5 Å². The summed E-state index contributed by atoms with van der Waals surface area (Å²) in [6, 6.07) is 0. The highest BCUT2D eigenvalue weighted by atomic mass is 127. The van der Waals surface area contributed by atoms with Gasteiger partial charge in [-0.05, 0) is 39.2 Å². The van der Waals surface area contributed by atoms with Crippen LogP contribution in [0.15, 0.2) is 4.99 Å². The molecule has 2 fully saturated rings. The monoisotopic (exact) mass is 563 g/mol. The number of morpholine rings is 1. The van der Waals surface area contributed by atoms with Crippen LogP contribution >= 0.6 is 24.0 Å². The maximum Gasteiger partial charge on any atom is 0.191 e. The van der Waals surface area contributed by atoms with Crippen molar-refractivity contribution in [3.05, 3.63) is 11.6 Å². The first-order valence-corrected chi connectivity index (χ1v) is 12.0. The van der Waals surface area contributed by atoms with Crippen LogP contribution in [-0.2, 0) is 23.1 Å². The molecule has 1 aromatic rings. The van der Waals surface area contributed by atoms with Crippen molar-refractivity contribution in [2.75, 3.05) is 52.5 Å². The summed E-state index contributed by atoms with van der Waals surface area (Å²) in [6.45, 7) is 9.86. The lowest BCUT2D eigenvalue weighted by atomic mass is 9.98. The van der Waals surface area contributed by atoms with E-state index in [1.165, 1.54) is 32.1 Å². The van der Waals surface area contributed by atoms with Crippen LogP contribution in [0.25, 0.3) is 0 Å². The number of rotatable bonds is 11. The minimum atomic E-state index is 0. The quantitative estimate of drug-likeness (QED) is 0.185. The highest BCUT2D eigenvalue weighted by Gasteiger charge is 2.13. The Morgan fingerprint density at radius 3 is 2.50 bits per heavy atom. The van der Waals surface area contributed by atoms with Gasteiger partial charge in [-0.25, -0.2) is 4.99 Å². The van der Waals surface area contributed by atoms with Crippen molar-refractivity contribution in [2.24, 2.45) is 12.0 Å². The Hall–Kier alpha value is -0.980. The highest BCUT2D eigenvalue weighted by molar-refractivity contribution is 14.0. The van der Waals surface area contributed by atoms with Gasteiger partial charge in [0.25, 0.3) is 0 Å². The zero-order valence-corrected chi connectivity index (χ0v) is 22.2. The number of ether oxygens (including phenoxy) is 2. The molecular formula is C22H42IN7O2. The van der Waals surface area contributed by atoms with E-state index in [4.69, 9.17) is 14.5 Å². The summed E-state index contributed by atoms with van der Waals surface area (Å²) in [4.78, 5) is 7.20. The smallest absolute Gasteiger partial charge is 0.191 e. The zero-order chi connectivity index (χ0) is 21.7. The molecule has 184 valence electrons. The lowest BCUT2D eigenvalue weighted by Gasteiger charge is -2.26. The molecular weight excluding hydrogens is 521 g/mol. The molecule has 0 radical (unpaired) electrons. The van der Waals surface area contributed by atoms with Crippen molar-refractivity contribution in [1.29, 1.82) is 0 Å². The van der Waals surface area contributed by atoms with Gasteiger partial charge in [0.15, 0.2) is 11.8 Å². The first kappa shape index (κ1) is 27.3. The van der Waals surface area contributed by atoms with Crippen LogP contribution in [0.4, 0.5) is 0 Å². The maximum absolute atomic E-state index is 6.04. The SMILES string of the molecule is Cc1nnc(CN=C(NCCCOC2CCCCC2)NCCCN2CCOCC2)n1C.I. The largest absolute Gasteiger partial charge is 0.379 e. The fourth-order valence-electron chi connectivity index (χ4n) is 4.01. The van der Waals surface area contributed by atoms with Gasteiger partial charge in [0.1, 0.15) is 12.4 Å². The number of aliphatic imine (C=N–C) groups is 1. The third kappa shape index (κ3) is 9.88. The van der Waals surface area contributed by atoms with Crippen molar-refractivity contribution >= 4 is 29.9 Å². The maximum atomic E-state index is 6.04. The number of aryl methyl sites for hydroxylation is 1. The number of nitrogens with one attached hydrogen (secondary N) is 2. The Morgan fingerprint density at radius 1 is 1.09 bits per heavy atom. The van der Waals surface area contributed by atoms with E-state index in [-0.39, 0.29) is 24.0 Å². The van der Waals surface area contributed by atoms with Crippen molar-refractivity contribution in [1.82, 2.24) is 30.3 Å². The lowest BCUT2D eigenvalue weighted by Crippen LogP contribution is -2.41. The van der Waals surface area contributed by atoms with Crippen LogP contribution in [-0.4, -0.2) is 84.3 Å². The van der Waals surface area contributed by atoms with E-state index in [1.54, 1.807) is 0 Å². The van der Waals surface area contributed by atoms with Gasteiger partial charge in [0.2, 0.25) is 0 Å². The van der Waals surface area contributed by atoms with Gasteiger partial charge in [-0.3, -0.25) is 4.90 Å². The zero-order valence-electron chi connectivity index (χ0n) is 19.9. The van der Waals surface area contributed by atoms with Gasteiger partial charge in [0, 0.05) is 39.8 Å². The Labute approximate surface area is 210 Å². The third-order valence-corrected chi connectivity index (χ3v) is 6.13. The first-order valence-electron chi connectivity index (χ1n) is 12.0. The molecule has 0 bridgehead atoms. The lowest BCUT2D eigenvalue weighted by molar-refractivity contribution is 0.0277. The van der Waals surface area contributed by atoms with Crippen LogP contribution in [0.2, 0.25) is 0 Å². The Kier molecular flexibility index (Phi) is 13.4. The summed E-state index contributed by atoms with van der Waals surface area (Å²) in [5.74, 6) is 2.60. The molecule has 0 unspecified atom stereocenters. The predicted octanol–water partition coefficient (Wildman–Crippen LogP) is 2.24. The Morgan fingerprint density at radius 2 is 1.81 bits per heavy atom. The molecule has 1 aliphatic heterocycles. The Bertz CT molecular complexity index is 659. The number of halogens is 1. The molecule has 1 saturated carbocycles. The molecule has 10 heteroatoms. The van der Waals surface area contributed by atoms with Crippen LogP contribution < -0.4 is 10.6 Å². The summed E-state index contributed by atoms with van der Waals surface area (Å²) in [5.41, 5.74) is 0. The van der Waals surface area contributed by atoms with Crippen LogP contribution in [0.5, 0.6) is 0 Å². The van der Waals surface area contributed by atoms with Crippen molar-refractivity contribution in [3.8, 4) is 0 Å². The van der Waals surface area contributed by atoms with Gasteiger partial charge < -0.3 is 24.7 Å². The second-order valence-electron chi connectivity index (χ2n) is 8.53. The number of nitrogens with zero attached hydrogens (tertiary/aromatic N) is 5. The van der Waals surface area contributed by atoms with E-state index < -0.39 is 0 Å². The molecule has 2 N–H and O–H groups in total. The van der Waals surface area contributed by atoms with E-state index in [9.17, 15) is 0 Å². The normalized spacial score (nSPS) is 18.4. The predicted molar refractivity (Wildman–Crippen MR) is 138 cm³/mol. The van der Waals surface area contributed by atoms with E-state index in [0.717, 1.165) is 83.0 Å². The highest BCUT2D eigenvalue weighted by Crippen LogP contribution is 2.20. The summed E-state index contributed by atoms with van der Waals surface area (Å²) < 4.78 is 13.4. The second-order valence-corrected chi connectivity index (χ2v) is 8.53. The number of guanidine groups is 1. The molecule has 0 aromatic carbocycles. The van der Waals surface area contributed by atoms with Gasteiger partial charge in [-0.2, -0.15) is 0 Å². The van der Waals surface area contributed by atoms with Gasteiger partial charge in [-0.15, -0.1) is 34.2 Å². The summed E-state index contributed by atoms with van der Waals surface area (Å²) in [7, 11) is 1.98. The van der Waals surface area contributed by atoms with E-state index in [0.29, 0.717) is 12.6 Å². The van der Waals surface area contributed by atoms with Gasteiger partial charge in [0.05, 0.1) is 19.3 Å². The van der Waals surface area contributed by atoms with Gasteiger partial charge >= 0.3 is 0 Å². The molecule has 0 spiro atoms. The fraction of sp³-hybridized carbons (Fsp3) is 0.864. The van der Waals surface area contributed by atoms with E-state index in [1.807, 2.05) is 18.5 Å². The molecule has 3 rings (SSSR count). The summed E-state index contributed by atoms with van der Waals surface area (Å²) in [5, 5.41) is 15.3. The molecule has 0 amide bonds. The van der Waals surface area contributed by atoms with Crippen molar-refractivity contribution in [3.63, 3.8) is 0 Å². The first-order chi connectivity index (χ1) is 15.2. The number of hydrogen-bond acceptors (Lipinski definition) is 6. The topological polar surface area (TPSA) is 88.8 Å². The molecule has 2 heterocycles. The molecule has 1 saturated heterocycles. The molecule has 2 aliphatic rings. The number of hydrogen-bond donors (Lipinski definition) is 2.